The van der Waals surface area contributed by atoms with Crippen molar-refractivity contribution in [2.75, 3.05) is 14.2 Å². The van der Waals surface area contributed by atoms with Gasteiger partial charge in [-0.3, -0.25) is 9.59 Å². The second kappa shape index (κ2) is 6.97. The zero-order valence-corrected chi connectivity index (χ0v) is 16.4. The maximum absolute atomic E-state index is 13.3. The lowest BCUT2D eigenvalue weighted by molar-refractivity contribution is -0.144. The van der Waals surface area contributed by atoms with E-state index in [0.29, 0.717) is 35.3 Å². The van der Waals surface area contributed by atoms with E-state index < -0.39 is 5.92 Å². The number of fused-ring (bicyclic) bond motifs is 3. The Morgan fingerprint density at radius 1 is 1.21 bits per heavy atom. The number of ketones is 1. The summed E-state index contributed by atoms with van der Waals surface area (Å²) in [6.45, 7) is 2.07. The Hall–Kier alpha value is -2.82. The molecule has 0 amide bonds. The quantitative estimate of drug-likeness (QED) is 0.701. The minimum Gasteiger partial charge on any atom is -0.507 e. The van der Waals surface area contributed by atoms with Crippen LogP contribution < -0.4 is 4.74 Å². The van der Waals surface area contributed by atoms with Crippen molar-refractivity contribution in [1.29, 1.82) is 0 Å². The molecule has 28 heavy (non-hydrogen) atoms. The summed E-state index contributed by atoms with van der Waals surface area (Å²) in [6.07, 6.45) is 2.80. The number of carbonyl (C=O) groups is 2. The molecule has 2 aromatic carbocycles. The number of carbonyl (C=O) groups excluding carboxylic acids is 2. The van der Waals surface area contributed by atoms with E-state index in [1.54, 1.807) is 6.07 Å². The van der Waals surface area contributed by atoms with E-state index in [-0.39, 0.29) is 23.4 Å². The number of methoxy groups -OCH3 is 2. The SMILES string of the molecule is CCC1CCc2c(cc3c(c2O)C(=O)c2c(cccc2OC)C3)C1C(=O)OC. The number of benzene rings is 2. The number of phenolic OH excluding ortho intramolecular Hbond substituents is 1. The molecule has 2 atom stereocenters. The molecule has 0 heterocycles. The molecule has 5 nitrogen and oxygen atoms in total. The second-order valence-electron chi connectivity index (χ2n) is 7.54. The van der Waals surface area contributed by atoms with Gasteiger partial charge in [-0.05, 0) is 53.5 Å². The molecule has 1 N–H and O–H groups in total. The first-order valence-corrected chi connectivity index (χ1v) is 9.67. The van der Waals surface area contributed by atoms with E-state index in [2.05, 4.69) is 6.92 Å². The molecule has 0 saturated heterocycles. The Morgan fingerprint density at radius 2 is 2.00 bits per heavy atom. The zero-order chi connectivity index (χ0) is 20.0. The first kappa shape index (κ1) is 18.5. The third-order valence-electron chi connectivity index (χ3n) is 6.24. The van der Waals surface area contributed by atoms with Crippen molar-refractivity contribution in [3.63, 3.8) is 0 Å². The largest absolute Gasteiger partial charge is 0.507 e. The number of hydrogen-bond acceptors (Lipinski definition) is 5. The zero-order valence-electron chi connectivity index (χ0n) is 16.4. The molecule has 2 unspecified atom stereocenters. The van der Waals surface area contributed by atoms with Crippen LogP contribution in [0.3, 0.4) is 0 Å². The van der Waals surface area contributed by atoms with E-state index in [1.165, 1.54) is 14.2 Å². The summed E-state index contributed by atoms with van der Waals surface area (Å²) in [5.74, 6) is -0.209. The van der Waals surface area contributed by atoms with E-state index in [9.17, 15) is 14.7 Å². The van der Waals surface area contributed by atoms with Crippen molar-refractivity contribution in [1.82, 2.24) is 0 Å². The molecule has 2 aliphatic rings. The molecule has 5 heteroatoms. The number of ether oxygens (including phenoxy) is 2. The first-order chi connectivity index (χ1) is 13.5. The van der Waals surface area contributed by atoms with Crippen molar-refractivity contribution in [3.8, 4) is 11.5 Å². The van der Waals surface area contributed by atoms with E-state index >= 15 is 0 Å². The van der Waals surface area contributed by atoms with Gasteiger partial charge in [0.25, 0.3) is 0 Å². The summed E-state index contributed by atoms with van der Waals surface area (Å²) in [6, 6.07) is 7.46. The van der Waals surface area contributed by atoms with Gasteiger partial charge in [-0.2, -0.15) is 0 Å². The van der Waals surface area contributed by atoms with Gasteiger partial charge in [0.2, 0.25) is 5.78 Å². The number of esters is 1. The Balaban J connectivity index is 1.91. The number of rotatable bonds is 3. The Morgan fingerprint density at radius 3 is 2.68 bits per heavy atom. The van der Waals surface area contributed by atoms with Crippen LogP contribution >= 0.6 is 0 Å². The topological polar surface area (TPSA) is 72.8 Å². The molecular weight excluding hydrogens is 356 g/mol. The number of hydrogen-bond donors (Lipinski definition) is 1. The Labute approximate surface area is 164 Å². The highest BCUT2D eigenvalue weighted by Gasteiger charge is 2.39. The lowest BCUT2D eigenvalue weighted by Crippen LogP contribution is -2.29. The summed E-state index contributed by atoms with van der Waals surface area (Å²) in [4.78, 5) is 25.8. The molecule has 0 saturated carbocycles. The maximum atomic E-state index is 13.3. The highest BCUT2D eigenvalue weighted by molar-refractivity contribution is 6.16. The van der Waals surface area contributed by atoms with Crippen molar-refractivity contribution in [2.24, 2.45) is 5.92 Å². The molecule has 2 aliphatic carbocycles. The second-order valence-corrected chi connectivity index (χ2v) is 7.54. The lowest BCUT2D eigenvalue weighted by atomic mass is 9.71. The summed E-state index contributed by atoms with van der Waals surface area (Å²) in [7, 11) is 2.94. The molecular formula is C23H24O5. The van der Waals surface area contributed by atoms with Crippen LogP contribution in [0.5, 0.6) is 11.5 Å². The van der Waals surface area contributed by atoms with Crippen LogP contribution in [0.2, 0.25) is 0 Å². The molecule has 146 valence electrons. The highest BCUT2D eigenvalue weighted by atomic mass is 16.5. The summed E-state index contributed by atoms with van der Waals surface area (Å²) in [5, 5.41) is 11.1. The Bertz CT molecular complexity index is 975. The summed E-state index contributed by atoms with van der Waals surface area (Å²) >= 11 is 0. The van der Waals surface area contributed by atoms with Gasteiger partial charge < -0.3 is 14.6 Å². The minimum absolute atomic E-state index is 0.0116. The van der Waals surface area contributed by atoms with Crippen LogP contribution in [0.25, 0.3) is 0 Å². The molecule has 0 spiro atoms. The van der Waals surface area contributed by atoms with Gasteiger partial charge in [-0.15, -0.1) is 0 Å². The van der Waals surface area contributed by atoms with Crippen LogP contribution in [0.15, 0.2) is 24.3 Å². The first-order valence-electron chi connectivity index (χ1n) is 9.67. The average molecular weight is 380 g/mol. The monoisotopic (exact) mass is 380 g/mol. The molecule has 0 bridgehead atoms. The maximum Gasteiger partial charge on any atom is 0.313 e. The van der Waals surface area contributed by atoms with Crippen molar-refractivity contribution >= 4 is 11.8 Å². The predicted molar refractivity (Wildman–Crippen MR) is 104 cm³/mol. The van der Waals surface area contributed by atoms with Gasteiger partial charge in [0.1, 0.15) is 11.5 Å². The fourth-order valence-corrected chi connectivity index (χ4v) is 4.84. The summed E-state index contributed by atoms with van der Waals surface area (Å²) in [5.41, 5.74) is 3.99. The third kappa shape index (κ3) is 2.60. The van der Waals surface area contributed by atoms with Crippen LogP contribution in [0.1, 0.15) is 63.9 Å². The van der Waals surface area contributed by atoms with E-state index in [0.717, 1.165) is 29.5 Å². The van der Waals surface area contributed by atoms with Gasteiger partial charge in [-0.25, -0.2) is 0 Å². The van der Waals surface area contributed by atoms with Crippen LogP contribution in [-0.4, -0.2) is 31.1 Å². The number of phenols is 1. The minimum atomic E-state index is -0.406. The predicted octanol–water partition coefficient (Wildman–Crippen LogP) is 3.77. The normalized spacial score (nSPS) is 20.0. The van der Waals surface area contributed by atoms with E-state index in [1.807, 2.05) is 18.2 Å². The van der Waals surface area contributed by atoms with Crippen LogP contribution in [-0.2, 0) is 22.4 Å². The third-order valence-corrected chi connectivity index (χ3v) is 6.24. The van der Waals surface area contributed by atoms with Crippen LogP contribution in [0, 0.1) is 5.92 Å². The van der Waals surface area contributed by atoms with Crippen molar-refractivity contribution in [3.05, 3.63) is 57.6 Å². The molecule has 2 aromatic rings. The van der Waals surface area contributed by atoms with Crippen LogP contribution in [0.4, 0.5) is 0 Å². The molecule has 0 fully saturated rings. The van der Waals surface area contributed by atoms with Gasteiger partial charge in [-0.1, -0.05) is 31.5 Å². The number of aromatic hydroxyl groups is 1. The van der Waals surface area contributed by atoms with Crippen molar-refractivity contribution < 1.29 is 24.2 Å². The van der Waals surface area contributed by atoms with E-state index in [4.69, 9.17) is 9.47 Å². The smallest absolute Gasteiger partial charge is 0.313 e. The van der Waals surface area contributed by atoms with Gasteiger partial charge in [0.15, 0.2) is 0 Å². The fraction of sp³-hybridized carbons (Fsp3) is 0.391. The van der Waals surface area contributed by atoms with Crippen molar-refractivity contribution in [2.45, 2.75) is 38.5 Å². The van der Waals surface area contributed by atoms with Gasteiger partial charge in [0, 0.05) is 0 Å². The van der Waals surface area contributed by atoms with Gasteiger partial charge in [0.05, 0.1) is 31.3 Å². The molecule has 0 aromatic heterocycles. The molecule has 0 aliphatic heterocycles. The average Bonchev–Trinajstić information content (AvgIpc) is 2.71. The Kier molecular flexibility index (Phi) is 4.61. The van der Waals surface area contributed by atoms with Gasteiger partial charge >= 0.3 is 5.97 Å². The summed E-state index contributed by atoms with van der Waals surface area (Å²) < 4.78 is 10.4. The lowest BCUT2D eigenvalue weighted by Gasteiger charge is -2.33. The fourth-order valence-electron chi connectivity index (χ4n) is 4.84. The molecule has 0 radical (unpaired) electrons. The molecule has 4 rings (SSSR count). The standard InChI is InChI=1S/C23H24O5/c1-4-12-8-9-15-16(18(12)23(26)28-3)11-14-10-13-6-5-7-17(27-2)19(13)22(25)20(14)21(15)24/h5-7,11-12,18,24H,4,8-10H2,1-3H3. The highest BCUT2D eigenvalue weighted by Crippen LogP contribution is 2.47.